The molecule has 1 fully saturated rings. The third kappa shape index (κ3) is 2.52. The van der Waals surface area contributed by atoms with Crippen LogP contribution in [0.5, 0.6) is 0 Å². The van der Waals surface area contributed by atoms with Crippen LogP contribution in [0.1, 0.15) is 5.69 Å². The molecule has 1 aromatic heterocycles. The maximum Gasteiger partial charge on any atom is 0.312 e. The van der Waals surface area contributed by atoms with Gasteiger partial charge in [0.2, 0.25) is 0 Å². The Morgan fingerprint density at radius 1 is 1.24 bits per heavy atom. The van der Waals surface area contributed by atoms with Gasteiger partial charge in [-0.25, -0.2) is 4.98 Å². The van der Waals surface area contributed by atoms with E-state index in [1.54, 1.807) is 7.05 Å². The summed E-state index contributed by atoms with van der Waals surface area (Å²) in [6, 6.07) is 0. The van der Waals surface area contributed by atoms with Crippen molar-refractivity contribution < 1.29 is 9.59 Å². The molecule has 17 heavy (non-hydrogen) atoms. The molecule has 2 heterocycles. The van der Waals surface area contributed by atoms with Gasteiger partial charge >= 0.3 is 11.8 Å². The lowest BCUT2D eigenvalue weighted by molar-refractivity contribution is -0.155. The third-order valence-corrected chi connectivity index (χ3v) is 2.74. The predicted octanol–water partition coefficient (Wildman–Crippen LogP) is -0.0694. The largest absolute Gasteiger partial charge is 0.336 e. The van der Waals surface area contributed by atoms with Gasteiger partial charge in [0.05, 0.1) is 24.6 Å². The SMILES string of the molecule is CN1CCN(Cc2cnc(Cl)cn2)C(=O)C1=O. The van der Waals surface area contributed by atoms with Crippen LogP contribution < -0.4 is 0 Å². The molecule has 0 N–H and O–H groups in total. The lowest BCUT2D eigenvalue weighted by Crippen LogP contribution is -2.52. The highest BCUT2D eigenvalue weighted by Gasteiger charge is 2.30. The molecule has 2 rings (SSSR count). The summed E-state index contributed by atoms with van der Waals surface area (Å²) in [6.45, 7) is 1.32. The second-order valence-corrected chi connectivity index (χ2v) is 4.17. The highest BCUT2D eigenvalue weighted by atomic mass is 35.5. The summed E-state index contributed by atoms with van der Waals surface area (Å²) in [5.74, 6) is -0.992. The van der Waals surface area contributed by atoms with Gasteiger partial charge in [-0.1, -0.05) is 11.6 Å². The third-order valence-electron chi connectivity index (χ3n) is 2.55. The Morgan fingerprint density at radius 2 is 2.00 bits per heavy atom. The van der Waals surface area contributed by atoms with E-state index in [2.05, 4.69) is 9.97 Å². The number of halogens is 1. The first-order valence-corrected chi connectivity index (χ1v) is 5.46. The average molecular weight is 255 g/mol. The Kier molecular flexibility index (Phi) is 3.23. The van der Waals surface area contributed by atoms with E-state index in [4.69, 9.17) is 11.6 Å². The van der Waals surface area contributed by atoms with Crippen LogP contribution in [0, 0.1) is 0 Å². The molecule has 0 aliphatic carbocycles. The molecule has 0 spiro atoms. The van der Waals surface area contributed by atoms with Gasteiger partial charge in [-0.2, -0.15) is 0 Å². The van der Waals surface area contributed by atoms with Gasteiger partial charge in [-0.15, -0.1) is 0 Å². The van der Waals surface area contributed by atoms with Gasteiger partial charge < -0.3 is 9.80 Å². The quantitative estimate of drug-likeness (QED) is 0.693. The second-order valence-electron chi connectivity index (χ2n) is 3.78. The van der Waals surface area contributed by atoms with Crippen molar-refractivity contribution in [2.45, 2.75) is 6.54 Å². The lowest BCUT2D eigenvalue weighted by Gasteiger charge is -2.31. The van der Waals surface area contributed by atoms with E-state index < -0.39 is 11.8 Å². The van der Waals surface area contributed by atoms with Gasteiger partial charge in [-0.05, 0) is 0 Å². The monoisotopic (exact) mass is 254 g/mol. The van der Waals surface area contributed by atoms with Gasteiger partial charge in [0.1, 0.15) is 5.15 Å². The maximum atomic E-state index is 11.7. The number of rotatable bonds is 2. The van der Waals surface area contributed by atoms with Crippen molar-refractivity contribution in [2.24, 2.45) is 0 Å². The zero-order valence-electron chi connectivity index (χ0n) is 9.26. The molecule has 90 valence electrons. The molecule has 1 aliphatic rings. The average Bonchev–Trinajstić information content (AvgIpc) is 2.33. The van der Waals surface area contributed by atoms with Crippen LogP contribution in [0.3, 0.4) is 0 Å². The Hall–Kier alpha value is -1.69. The van der Waals surface area contributed by atoms with Gasteiger partial charge in [0.25, 0.3) is 0 Å². The van der Waals surface area contributed by atoms with Crippen LogP contribution in [0.25, 0.3) is 0 Å². The Morgan fingerprint density at radius 3 is 2.65 bits per heavy atom. The highest BCUT2D eigenvalue weighted by molar-refractivity contribution is 6.35. The zero-order valence-corrected chi connectivity index (χ0v) is 10.0. The normalized spacial score (nSPS) is 16.6. The van der Waals surface area contributed by atoms with Crippen molar-refractivity contribution in [1.82, 2.24) is 19.8 Å². The van der Waals surface area contributed by atoms with E-state index in [0.717, 1.165) is 0 Å². The first-order valence-electron chi connectivity index (χ1n) is 5.08. The summed E-state index contributed by atoms with van der Waals surface area (Å²) in [5, 5.41) is 0.300. The number of aromatic nitrogens is 2. The molecule has 0 atom stereocenters. The number of hydrogen-bond donors (Lipinski definition) is 0. The molecule has 7 heteroatoms. The van der Waals surface area contributed by atoms with E-state index in [1.165, 1.54) is 22.2 Å². The molecule has 0 saturated carbocycles. The minimum Gasteiger partial charge on any atom is -0.336 e. The van der Waals surface area contributed by atoms with Crippen molar-refractivity contribution in [2.75, 3.05) is 20.1 Å². The summed E-state index contributed by atoms with van der Waals surface area (Å²) in [4.78, 5) is 33.9. The fourth-order valence-electron chi connectivity index (χ4n) is 1.54. The zero-order chi connectivity index (χ0) is 12.4. The minimum absolute atomic E-state index is 0.280. The molecule has 1 saturated heterocycles. The van der Waals surface area contributed by atoms with Gasteiger partial charge in [0, 0.05) is 20.1 Å². The molecule has 0 aromatic carbocycles. The van der Waals surface area contributed by atoms with E-state index in [9.17, 15) is 9.59 Å². The molecule has 1 aliphatic heterocycles. The fourth-order valence-corrected chi connectivity index (χ4v) is 1.64. The summed E-state index contributed by atoms with van der Waals surface area (Å²) >= 11 is 5.61. The van der Waals surface area contributed by atoms with E-state index >= 15 is 0 Å². The number of carbonyl (C=O) groups excluding carboxylic acids is 2. The summed E-state index contributed by atoms with van der Waals surface area (Å²) in [7, 11) is 1.61. The summed E-state index contributed by atoms with van der Waals surface area (Å²) in [6.07, 6.45) is 2.91. The molecule has 1 aromatic rings. The summed E-state index contributed by atoms with van der Waals surface area (Å²) < 4.78 is 0. The van der Waals surface area contributed by atoms with E-state index in [0.29, 0.717) is 23.9 Å². The van der Waals surface area contributed by atoms with Crippen LogP contribution >= 0.6 is 11.6 Å². The number of likely N-dealkylation sites (N-methyl/N-ethyl adjacent to an activating group) is 1. The minimum atomic E-state index is -0.504. The predicted molar refractivity (Wildman–Crippen MR) is 60.1 cm³/mol. The van der Waals surface area contributed by atoms with Crippen LogP contribution in [-0.2, 0) is 16.1 Å². The smallest absolute Gasteiger partial charge is 0.312 e. The summed E-state index contributed by atoms with van der Waals surface area (Å²) in [5.41, 5.74) is 0.611. The molecular formula is C10H11ClN4O2. The van der Waals surface area contributed by atoms with Crippen LogP contribution in [0.2, 0.25) is 5.15 Å². The Labute approximate surface area is 103 Å². The van der Waals surface area contributed by atoms with E-state index in [1.807, 2.05) is 0 Å². The van der Waals surface area contributed by atoms with Crippen molar-refractivity contribution in [1.29, 1.82) is 0 Å². The van der Waals surface area contributed by atoms with Crippen molar-refractivity contribution in [3.63, 3.8) is 0 Å². The molecule has 0 radical (unpaired) electrons. The Balaban J connectivity index is 2.07. The van der Waals surface area contributed by atoms with Crippen LogP contribution in [0.15, 0.2) is 12.4 Å². The number of nitrogens with zero attached hydrogens (tertiary/aromatic N) is 4. The number of amides is 2. The molecule has 0 unspecified atom stereocenters. The molecule has 6 nitrogen and oxygen atoms in total. The standard InChI is InChI=1S/C10H11ClN4O2/c1-14-2-3-15(10(17)9(14)16)6-7-4-13-8(11)5-12-7/h4-5H,2-3,6H2,1H3. The molecule has 2 amide bonds. The van der Waals surface area contributed by atoms with Crippen molar-refractivity contribution in [3.8, 4) is 0 Å². The molecular weight excluding hydrogens is 244 g/mol. The van der Waals surface area contributed by atoms with E-state index in [-0.39, 0.29) is 6.54 Å². The van der Waals surface area contributed by atoms with Crippen molar-refractivity contribution >= 4 is 23.4 Å². The van der Waals surface area contributed by atoms with Crippen LogP contribution in [0.4, 0.5) is 0 Å². The number of piperazine rings is 1. The van der Waals surface area contributed by atoms with Gasteiger partial charge in [0.15, 0.2) is 0 Å². The number of hydrogen-bond acceptors (Lipinski definition) is 4. The maximum absolute atomic E-state index is 11.7. The first kappa shape index (κ1) is 11.8. The highest BCUT2D eigenvalue weighted by Crippen LogP contribution is 2.08. The molecule has 0 bridgehead atoms. The van der Waals surface area contributed by atoms with Crippen LogP contribution in [-0.4, -0.2) is 51.7 Å². The van der Waals surface area contributed by atoms with Gasteiger partial charge in [-0.3, -0.25) is 14.6 Å². The number of carbonyl (C=O) groups is 2. The second kappa shape index (κ2) is 4.67. The topological polar surface area (TPSA) is 66.4 Å². The first-order chi connectivity index (χ1) is 8.08. The van der Waals surface area contributed by atoms with Crippen molar-refractivity contribution in [3.05, 3.63) is 23.2 Å². The fraction of sp³-hybridized carbons (Fsp3) is 0.400. The Bertz CT molecular complexity index is 448. The lowest BCUT2D eigenvalue weighted by atomic mass is 10.3.